The molecule has 3 rings (SSSR count). The summed E-state index contributed by atoms with van der Waals surface area (Å²) in [7, 11) is 0. The molecule has 0 amide bonds. The summed E-state index contributed by atoms with van der Waals surface area (Å²) in [5, 5.41) is 7.32. The number of nitrogens with zero attached hydrogens (tertiary/aromatic N) is 2. The van der Waals surface area contributed by atoms with Gasteiger partial charge in [-0.3, -0.25) is 4.79 Å². The number of hydrogen-bond acceptors (Lipinski definition) is 5. The van der Waals surface area contributed by atoms with Crippen LogP contribution in [-0.4, -0.2) is 28.2 Å². The number of hydrogen-bond donors (Lipinski definition) is 2. The first-order chi connectivity index (χ1) is 8.83. The number of pyridine rings is 1. The minimum atomic E-state index is -0.172. The van der Waals surface area contributed by atoms with Gasteiger partial charge in [0.2, 0.25) is 5.56 Å². The van der Waals surface area contributed by atoms with E-state index in [-0.39, 0.29) is 5.56 Å². The molecule has 18 heavy (non-hydrogen) atoms. The summed E-state index contributed by atoms with van der Waals surface area (Å²) in [4.78, 5) is 18.2. The lowest BCUT2D eigenvalue weighted by molar-refractivity contribution is 0.392. The highest BCUT2D eigenvalue weighted by molar-refractivity contribution is 5.51. The van der Waals surface area contributed by atoms with Crippen LogP contribution in [-0.2, 0) is 0 Å². The maximum Gasteiger partial charge on any atom is 0.258 e. The summed E-state index contributed by atoms with van der Waals surface area (Å²) < 4.78 is 5.22. The van der Waals surface area contributed by atoms with Gasteiger partial charge in [-0.15, -0.1) is 0 Å². The van der Waals surface area contributed by atoms with Crippen LogP contribution in [0.1, 0.15) is 24.6 Å². The number of nitrogens with one attached hydrogen (secondary N) is 2. The summed E-state index contributed by atoms with van der Waals surface area (Å²) in [6.07, 6.45) is 3.62. The minimum absolute atomic E-state index is 0.172. The third-order valence-electron chi connectivity index (χ3n) is 3.17. The molecule has 2 aromatic heterocycles. The zero-order chi connectivity index (χ0) is 12.4. The highest BCUT2D eigenvalue weighted by atomic mass is 16.5. The highest BCUT2D eigenvalue weighted by Gasteiger charge is 2.21. The molecule has 0 aliphatic carbocycles. The number of aromatic nitrogens is 3. The molecule has 0 radical (unpaired) electrons. The van der Waals surface area contributed by atoms with Crippen molar-refractivity contribution in [1.29, 1.82) is 0 Å². The average Bonchev–Trinajstić information content (AvgIpc) is 2.89. The predicted octanol–water partition coefficient (Wildman–Crippen LogP) is 0.892. The molecule has 0 spiro atoms. The zero-order valence-corrected chi connectivity index (χ0v) is 9.85. The SMILES string of the molecule is O=c1cc(-c2nc(C3CCNCC3)no2)cc[nH]1. The van der Waals surface area contributed by atoms with Crippen LogP contribution < -0.4 is 10.9 Å². The number of H-pyrrole nitrogens is 1. The van der Waals surface area contributed by atoms with E-state index in [0.29, 0.717) is 17.4 Å². The first-order valence-corrected chi connectivity index (χ1v) is 6.06. The molecule has 2 N–H and O–H groups in total. The fourth-order valence-electron chi connectivity index (χ4n) is 2.18. The van der Waals surface area contributed by atoms with Crippen molar-refractivity contribution in [2.45, 2.75) is 18.8 Å². The van der Waals surface area contributed by atoms with Crippen LogP contribution in [0.4, 0.5) is 0 Å². The Morgan fingerprint density at radius 3 is 2.94 bits per heavy atom. The van der Waals surface area contributed by atoms with E-state index in [2.05, 4.69) is 20.4 Å². The molecule has 2 aromatic rings. The predicted molar refractivity (Wildman–Crippen MR) is 65.2 cm³/mol. The summed E-state index contributed by atoms with van der Waals surface area (Å²) in [5.74, 6) is 1.51. The van der Waals surface area contributed by atoms with Crippen molar-refractivity contribution in [3.05, 3.63) is 34.5 Å². The van der Waals surface area contributed by atoms with Crippen molar-refractivity contribution in [1.82, 2.24) is 20.4 Å². The third-order valence-corrected chi connectivity index (χ3v) is 3.17. The van der Waals surface area contributed by atoms with Gasteiger partial charge in [-0.05, 0) is 32.0 Å². The van der Waals surface area contributed by atoms with Crippen LogP contribution in [0.25, 0.3) is 11.5 Å². The molecule has 0 bridgehead atoms. The Balaban J connectivity index is 1.86. The number of piperidine rings is 1. The normalized spacial score (nSPS) is 16.9. The lowest BCUT2D eigenvalue weighted by atomic mass is 9.98. The Morgan fingerprint density at radius 1 is 1.33 bits per heavy atom. The van der Waals surface area contributed by atoms with E-state index in [1.54, 1.807) is 12.3 Å². The van der Waals surface area contributed by atoms with Gasteiger partial charge in [-0.2, -0.15) is 4.98 Å². The largest absolute Gasteiger partial charge is 0.334 e. The smallest absolute Gasteiger partial charge is 0.258 e. The first kappa shape index (κ1) is 11.2. The van der Waals surface area contributed by atoms with Gasteiger partial charge in [-0.25, -0.2) is 0 Å². The quantitative estimate of drug-likeness (QED) is 0.822. The second-order valence-corrected chi connectivity index (χ2v) is 4.42. The van der Waals surface area contributed by atoms with Crippen molar-refractivity contribution in [2.24, 2.45) is 0 Å². The molecule has 6 heteroatoms. The topological polar surface area (TPSA) is 83.8 Å². The Hall–Kier alpha value is -1.95. The molecule has 0 saturated carbocycles. The number of aromatic amines is 1. The molecular weight excluding hydrogens is 232 g/mol. The van der Waals surface area contributed by atoms with E-state index in [0.717, 1.165) is 31.8 Å². The summed E-state index contributed by atoms with van der Waals surface area (Å²) in [6.45, 7) is 1.97. The van der Waals surface area contributed by atoms with Gasteiger partial charge < -0.3 is 14.8 Å². The van der Waals surface area contributed by atoms with E-state index < -0.39 is 0 Å². The van der Waals surface area contributed by atoms with E-state index in [1.165, 1.54) is 6.07 Å². The summed E-state index contributed by atoms with van der Waals surface area (Å²) in [6, 6.07) is 3.21. The zero-order valence-electron chi connectivity index (χ0n) is 9.85. The molecule has 1 saturated heterocycles. The van der Waals surface area contributed by atoms with Crippen LogP contribution in [0.3, 0.4) is 0 Å². The van der Waals surface area contributed by atoms with Crippen molar-refractivity contribution < 1.29 is 4.52 Å². The van der Waals surface area contributed by atoms with Crippen molar-refractivity contribution in [2.75, 3.05) is 13.1 Å². The molecular formula is C12H14N4O2. The lowest BCUT2D eigenvalue weighted by Gasteiger charge is -2.18. The lowest BCUT2D eigenvalue weighted by Crippen LogP contribution is -2.27. The molecule has 0 unspecified atom stereocenters. The van der Waals surface area contributed by atoms with E-state index in [4.69, 9.17) is 4.52 Å². The Labute approximate surface area is 103 Å². The first-order valence-electron chi connectivity index (χ1n) is 6.06. The monoisotopic (exact) mass is 246 g/mol. The Morgan fingerprint density at radius 2 is 2.17 bits per heavy atom. The van der Waals surface area contributed by atoms with E-state index in [9.17, 15) is 4.79 Å². The van der Waals surface area contributed by atoms with Crippen LogP contribution >= 0.6 is 0 Å². The second-order valence-electron chi connectivity index (χ2n) is 4.42. The molecule has 94 valence electrons. The van der Waals surface area contributed by atoms with Gasteiger partial charge in [0.1, 0.15) is 0 Å². The standard InChI is InChI=1S/C12H14N4O2/c17-10-7-9(3-6-14-10)12-15-11(16-18-12)8-1-4-13-5-2-8/h3,6-8,13H,1-2,4-5H2,(H,14,17). The maximum atomic E-state index is 11.2. The number of rotatable bonds is 2. The fourth-order valence-corrected chi connectivity index (χ4v) is 2.18. The van der Waals surface area contributed by atoms with Gasteiger partial charge >= 0.3 is 0 Å². The Bertz CT molecular complexity index is 584. The van der Waals surface area contributed by atoms with Crippen LogP contribution in [0.15, 0.2) is 27.6 Å². The molecule has 1 aliphatic heterocycles. The van der Waals surface area contributed by atoms with Gasteiger partial charge in [-0.1, -0.05) is 5.16 Å². The fraction of sp³-hybridized carbons (Fsp3) is 0.417. The highest BCUT2D eigenvalue weighted by Crippen LogP contribution is 2.24. The van der Waals surface area contributed by atoms with E-state index in [1.807, 2.05) is 0 Å². The van der Waals surface area contributed by atoms with E-state index >= 15 is 0 Å². The molecule has 1 aliphatic rings. The second kappa shape index (κ2) is 4.73. The van der Waals surface area contributed by atoms with Crippen molar-refractivity contribution >= 4 is 0 Å². The molecule has 0 aromatic carbocycles. The Kier molecular flexibility index (Phi) is 2.93. The summed E-state index contributed by atoms with van der Waals surface area (Å²) >= 11 is 0. The third kappa shape index (κ3) is 2.19. The molecule has 6 nitrogen and oxygen atoms in total. The van der Waals surface area contributed by atoms with Crippen LogP contribution in [0, 0.1) is 0 Å². The molecule has 1 fully saturated rings. The average molecular weight is 246 g/mol. The maximum absolute atomic E-state index is 11.2. The van der Waals surface area contributed by atoms with Gasteiger partial charge in [0.05, 0.1) is 0 Å². The van der Waals surface area contributed by atoms with Crippen LogP contribution in [0.5, 0.6) is 0 Å². The van der Waals surface area contributed by atoms with Gasteiger partial charge in [0.25, 0.3) is 5.89 Å². The summed E-state index contributed by atoms with van der Waals surface area (Å²) in [5.41, 5.74) is 0.487. The van der Waals surface area contributed by atoms with Crippen molar-refractivity contribution in [3.63, 3.8) is 0 Å². The van der Waals surface area contributed by atoms with Crippen LogP contribution in [0.2, 0.25) is 0 Å². The van der Waals surface area contributed by atoms with Crippen molar-refractivity contribution in [3.8, 4) is 11.5 Å². The molecule has 0 atom stereocenters. The molecule has 3 heterocycles. The van der Waals surface area contributed by atoms with Gasteiger partial charge in [0, 0.05) is 23.7 Å². The van der Waals surface area contributed by atoms with Gasteiger partial charge in [0.15, 0.2) is 5.82 Å². The minimum Gasteiger partial charge on any atom is -0.334 e.